The van der Waals surface area contributed by atoms with Crippen molar-refractivity contribution in [3.8, 4) is 0 Å². The van der Waals surface area contributed by atoms with Crippen molar-refractivity contribution < 1.29 is 5.03 Å². The highest BCUT2D eigenvalue weighted by Gasteiger charge is 2.05. The molecule has 7 heteroatoms. The molecule has 0 aromatic carbocycles. The van der Waals surface area contributed by atoms with Gasteiger partial charge in [-0.25, -0.2) is 20.1 Å². The number of nitrogens with one attached hydrogen (secondary N) is 1. The molecule has 2 aromatic rings. The van der Waals surface area contributed by atoms with E-state index in [2.05, 4.69) is 9.97 Å². The number of aryl methyl sites for hydroxylation is 1. The standard InChI is InChI=1S/C7H6N4O2S/c1-4-8-7-5(14-4)2-3-6(9-7)10-11(12)13/h2-3H,1H3,(H,9,10). The third-order valence-corrected chi connectivity index (χ3v) is 2.49. The largest absolute Gasteiger partial charge is 0.234 e. The molecule has 72 valence electrons. The van der Waals surface area contributed by atoms with Crippen LogP contribution in [-0.2, 0) is 0 Å². The van der Waals surface area contributed by atoms with Crippen LogP contribution < -0.4 is 5.43 Å². The van der Waals surface area contributed by atoms with Crippen LogP contribution in [0.2, 0.25) is 0 Å². The van der Waals surface area contributed by atoms with Crippen LogP contribution in [0.25, 0.3) is 10.3 Å². The second-order valence-corrected chi connectivity index (χ2v) is 3.85. The second kappa shape index (κ2) is 3.18. The Morgan fingerprint density at radius 3 is 3.00 bits per heavy atom. The number of pyridine rings is 1. The van der Waals surface area contributed by atoms with Crippen LogP contribution in [0.15, 0.2) is 12.1 Å². The zero-order chi connectivity index (χ0) is 10.1. The quantitative estimate of drug-likeness (QED) is 0.601. The lowest BCUT2D eigenvalue weighted by atomic mass is 10.4. The Kier molecular flexibility index (Phi) is 2.01. The minimum atomic E-state index is -0.645. The van der Waals surface area contributed by atoms with Crippen LogP contribution >= 0.6 is 11.3 Å². The van der Waals surface area contributed by atoms with Gasteiger partial charge in [-0.1, -0.05) is 5.43 Å². The molecule has 0 amide bonds. The molecule has 2 heterocycles. The van der Waals surface area contributed by atoms with E-state index in [1.807, 2.05) is 12.3 Å². The normalized spacial score (nSPS) is 10.4. The van der Waals surface area contributed by atoms with Gasteiger partial charge in [-0.15, -0.1) is 11.3 Å². The fraction of sp³-hybridized carbons (Fsp3) is 0.143. The number of nitro groups is 1. The average Bonchev–Trinajstić information content (AvgIpc) is 2.42. The van der Waals surface area contributed by atoms with E-state index < -0.39 is 5.03 Å². The first-order valence-electron chi connectivity index (χ1n) is 3.80. The maximum atomic E-state index is 10.1. The van der Waals surface area contributed by atoms with E-state index in [0.29, 0.717) is 5.65 Å². The summed E-state index contributed by atoms with van der Waals surface area (Å²) in [6.45, 7) is 1.87. The summed E-state index contributed by atoms with van der Waals surface area (Å²) in [6, 6.07) is 3.32. The molecule has 0 radical (unpaired) electrons. The number of fused-ring (bicyclic) bond motifs is 1. The predicted molar refractivity (Wildman–Crippen MR) is 52.8 cm³/mol. The van der Waals surface area contributed by atoms with Crippen molar-refractivity contribution in [3.05, 3.63) is 27.3 Å². The molecule has 0 unspecified atom stereocenters. The maximum Gasteiger partial charge on any atom is 0.192 e. The number of hydrazine groups is 1. The molecular formula is C7H6N4O2S. The Hall–Kier alpha value is -1.76. The molecule has 2 rings (SSSR count). The molecule has 0 bridgehead atoms. The van der Waals surface area contributed by atoms with Gasteiger partial charge in [0.25, 0.3) is 0 Å². The number of nitrogens with zero attached hydrogens (tertiary/aromatic N) is 3. The highest BCUT2D eigenvalue weighted by molar-refractivity contribution is 7.18. The lowest BCUT2D eigenvalue weighted by molar-refractivity contribution is -0.445. The van der Waals surface area contributed by atoms with Crippen molar-refractivity contribution in [2.75, 3.05) is 5.43 Å². The van der Waals surface area contributed by atoms with Crippen molar-refractivity contribution in [1.82, 2.24) is 9.97 Å². The highest BCUT2D eigenvalue weighted by Crippen LogP contribution is 2.21. The summed E-state index contributed by atoms with van der Waals surface area (Å²) >= 11 is 1.51. The molecule has 0 saturated carbocycles. The van der Waals surface area contributed by atoms with E-state index in [1.54, 1.807) is 12.1 Å². The zero-order valence-electron chi connectivity index (χ0n) is 7.22. The molecule has 0 aliphatic carbocycles. The molecule has 0 atom stereocenters. The monoisotopic (exact) mass is 210 g/mol. The third-order valence-electron chi connectivity index (χ3n) is 1.57. The number of hydrogen-bond acceptors (Lipinski definition) is 5. The van der Waals surface area contributed by atoms with E-state index in [9.17, 15) is 10.1 Å². The van der Waals surface area contributed by atoms with Gasteiger partial charge in [0, 0.05) is 0 Å². The smallest absolute Gasteiger partial charge is 0.192 e. The second-order valence-electron chi connectivity index (χ2n) is 2.62. The van der Waals surface area contributed by atoms with Crippen LogP contribution in [0.4, 0.5) is 5.82 Å². The molecule has 14 heavy (non-hydrogen) atoms. The number of aromatic nitrogens is 2. The number of anilines is 1. The lowest BCUT2D eigenvalue weighted by Crippen LogP contribution is -2.08. The van der Waals surface area contributed by atoms with Crippen LogP contribution in [-0.4, -0.2) is 15.0 Å². The highest BCUT2D eigenvalue weighted by atomic mass is 32.1. The number of thiazole rings is 1. The fourth-order valence-electron chi connectivity index (χ4n) is 1.08. The molecule has 2 aromatic heterocycles. The molecule has 0 aliphatic rings. The average molecular weight is 210 g/mol. The van der Waals surface area contributed by atoms with Gasteiger partial charge in [-0.3, -0.25) is 0 Å². The maximum absolute atomic E-state index is 10.1. The number of hydrogen-bond donors (Lipinski definition) is 1. The van der Waals surface area contributed by atoms with Crippen LogP contribution in [0.3, 0.4) is 0 Å². The van der Waals surface area contributed by atoms with Gasteiger partial charge in [0.1, 0.15) is 0 Å². The minimum Gasteiger partial charge on any atom is -0.234 e. The summed E-state index contributed by atoms with van der Waals surface area (Å²) in [4.78, 5) is 18.3. The first-order valence-corrected chi connectivity index (χ1v) is 4.62. The molecule has 1 N–H and O–H groups in total. The van der Waals surface area contributed by atoms with Gasteiger partial charge < -0.3 is 0 Å². The first kappa shape index (κ1) is 8.82. The van der Waals surface area contributed by atoms with Crippen LogP contribution in [0, 0.1) is 17.0 Å². The molecule has 6 nitrogen and oxygen atoms in total. The summed E-state index contributed by atoms with van der Waals surface area (Å²) in [5.41, 5.74) is 2.52. The predicted octanol–water partition coefficient (Wildman–Crippen LogP) is 1.60. The summed E-state index contributed by atoms with van der Waals surface area (Å²) < 4.78 is 0.927. The SMILES string of the molecule is Cc1nc2nc(N[N+](=O)[O-])ccc2s1. The molecular weight excluding hydrogens is 204 g/mol. The van der Waals surface area contributed by atoms with Crippen molar-refractivity contribution in [2.45, 2.75) is 6.92 Å². The zero-order valence-corrected chi connectivity index (χ0v) is 8.04. The van der Waals surface area contributed by atoms with Crippen molar-refractivity contribution in [3.63, 3.8) is 0 Å². The molecule has 0 aliphatic heterocycles. The van der Waals surface area contributed by atoms with E-state index in [4.69, 9.17) is 0 Å². The van der Waals surface area contributed by atoms with Gasteiger partial charge in [0.15, 0.2) is 16.5 Å². The van der Waals surface area contributed by atoms with Gasteiger partial charge >= 0.3 is 0 Å². The van der Waals surface area contributed by atoms with Gasteiger partial charge in [-0.05, 0) is 19.1 Å². The van der Waals surface area contributed by atoms with Crippen molar-refractivity contribution in [2.24, 2.45) is 0 Å². The van der Waals surface area contributed by atoms with Crippen molar-refractivity contribution in [1.29, 1.82) is 0 Å². The molecule has 0 saturated heterocycles. The van der Waals surface area contributed by atoms with Gasteiger partial charge in [0.2, 0.25) is 0 Å². The third kappa shape index (κ3) is 1.62. The van der Waals surface area contributed by atoms with E-state index in [1.165, 1.54) is 11.3 Å². The Morgan fingerprint density at radius 2 is 2.29 bits per heavy atom. The first-order chi connectivity index (χ1) is 6.65. The minimum absolute atomic E-state index is 0.202. The summed E-state index contributed by atoms with van der Waals surface area (Å²) in [7, 11) is 0. The van der Waals surface area contributed by atoms with Gasteiger partial charge in [0.05, 0.1) is 9.71 Å². The van der Waals surface area contributed by atoms with E-state index in [-0.39, 0.29) is 5.82 Å². The van der Waals surface area contributed by atoms with Crippen LogP contribution in [0.5, 0.6) is 0 Å². The topological polar surface area (TPSA) is 81.0 Å². The Morgan fingerprint density at radius 1 is 1.50 bits per heavy atom. The summed E-state index contributed by atoms with van der Waals surface area (Å²) in [6.07, 6.45) is 0. The Labute approximate surface area is 82.7 Å². The lowest BCUT2D eigenvalue weighted by Gasteiger charge is -1.94. The van der Waals surface area contributed by atoms with Crippen molar-refractivity contribution >= 4 is 27.5 Å². The van der Waals surface area contributed by atoms with Gasteiger partial charge in [-0.2, -0.15) is 0 Å². The van der Waals surface area contributed by atoms with E-state index >= 15 is 0 Å². The summed E-state index contributed by atoms with van der Waals surface area (Å²) in [5, 5.41) is 10.4. The van der Waals surface area contributed by atoms with Crippen LogP contribution in [0.1, 0.15) is 5.01 Å². The Bertz CT molecular complexity index is 495. The molecule has 0 spiro atoms. The summed E-state index contributed by atoms with van der Waals surface area (Å²) in [5.74, 6) is 0.202. The molecule has 0 fully saturated rings. The fourth-order valence-corrected chi connectivity index (χ4v) is 1.85. The van der Waals surface area contributed by atoms with E-state index in [0.717, 1.165) is 9.71 Å². The number of rotatable bonds is 2. The Balaban J connectivity index is 2.45.